The highest BCUT2D eigenvalue weighted by atomic mass is 16.1. The Hall–Kier alpha value is -1.71. The molecule has 0 spiro atoms. The number of hydrogen-bond acceptors (Lipinski definition) is 4. The Bertz CT molecular complexity index is 471. The van der Waals surface area contributed by atoms with Crippen molar-refractivity contribution in [3.05, 3.63) is 23.5 Å². The summed E-state index contributed by atoms with van der Waals surface area (Å²) in [4.78, 5) is 22.5. The van der Waals surface area contributed by atoms with Crippen LogP contribution in [-0.4, -0.2) is 28.8 Å². The molecule has 1 aromatic rings. The molecule has 2 heterocycles. The predicted molar refractivity (Wildman–Crippen MR) is 77.0 cm³/mol. The molecule has 0 aromatic carbocycles. The van der Waals surface area contributed by atoms with Crippen LogP contribution in [0.4, 0.5) is 5.95 Å². The summed E-state index contributed by atoms with van der Waals surface area (Å²) in [6.45, 7) is 7.73. The minimum atomic E-state index is 0.110. The van der Waals surface area contributed by atoms with Crippen LogP contribution >= 0.6 is 0 Å². The molecule has 4 heteroatoms. The Balaban J connectivity index is 2.17. The summed E-state index contributed by atoms with van der Waals surface area (Å²) < 4.78 is 0. The van der Waals surface area contributed by atoms with Gasteiger partial charge in [-0.1, -0.05) is 13.8 Å². The van der Waals surface area contributed by atoms with E-state index in [1.807, 2.05) is 19.9 Å². The molecule has 4 nitrogen and oxygen atoms in total. The number of ketones is 1. The van der Waals surface area contributed by atoms with Crippen LogP contribution in [-0.2, 0) is 4.79 Å². The van der Waals surface area contributed by atoms with E-state index < -0.39 is 0 Å². The maximum atomic E-state index is 11.5. The zero-order chi connectivity index (χ0) is 13.8. The van der Waals surface area contributed by atoms with Gasteiger partial charge in [0, 0.05) is 31.0 Å². The molecular weight excluding hydrogens is 238 g/mol. The van der Waals surface area contributed by atoms with Crippen molar-refractivity contribution in [2.24, 2.45) is 5.92 Å². The van der Waals surface area contributed by atoms with Gasteiger partial charge in [0.25, 0.3) is 0 Å². The van der Waals surface area contributed by atoms with E-state index in [-0.39, 0.29) is 11.7 Å². The van der Waals surface area contributed by atoms with Gasteiger partial charge < -0.3 is 4.90 Å². The molecule has 0 bridgehead atoms. The molecule has 19 heavy (non-hydrogen) atoms. The molecule has 1 aromatic heterocycles. The first-order valence-corrected chi connectivity index (χ1v) is 6.87. The first-order valence-electron chi connectivity index (χ1n) is 6.87. The van der Waals surface area contributed by atoms with Crippen molar-refractivity contribution < 1.29 is 4.79 Å². The number of carbonyl (C=O) groups is 1. The molecule has 1 fully saturated rings. The van der Waals surface area contributed by atoms with Gasteiger partial charge in [-0.25, -0.2) is 9.97 Å². The number of nitrogens with zero attached hydrogens (tertiary/aromatic N) is 3. The molecular formula is C15H21N3O. The van der Waals surface area contributed by atoms with Gasteiger partial charge >= 0.3 is 0 Å². The summed E-state index contributed by atoms with van der Waals surface area (Å²) in [5, 5.41) is 0. The fourth-order valence-electron chi connectivity index (χ4n) is 2.34. The first kappa shape index (κ1) is 13.7. The average molecular weight is 259 g/mol. The Labute approximate surface area is 114 Å². The maximum Gasteiger partial charge on any atom is 0.225 e. The van der Waals surface area contributed by atoms with Gasteiger partial charge in [0.05, 0.1) is 0 Å². The third-order valence-corrected chi connectivity index (χ3v) is 3.40. The number of Topliss-reactive ketones (excluding diaryl/α,β-unsaturated/α-hetero) is 1. The molecule has 102 valence electrons. The van der Waals surface area contributed by atoms with E-state index in [9.17, 15) is 4.79 Å². The number of allylic oxidation sites excluding steroid dienone is 1. The van der Waals surface area contributed by atoms with Gasteiger partial charge in [0.15, 0.2) is 5.78 Å². The Kier molecular flexibility index (Phi) is 4.30. The van der Waals surface area contributed by atoms with Crippen molar-refractivity contribution in [1.29, 1.82) is 0 Å². The minimum absolute atomic E-state index is 0.110. The molecule has 0 saturated carbocycles. The molecule has 0 unspecified atom stereocenters. The maximum absolute atomic E-state index is 11.5. The lowest BCUT2D eigenvalue weighted by atomic mass is 9.98. The second-order valence-electron chi connectivity index (χ2n) is 5.32. The molecule has 1 saturated heterocycles. The summed E-state index contributed by atoms with van der Waals surface area (Å²) in [6, 6.07) is 0. The summed E-state index contributed by atoms with van der Waals surface area (Å²) >= 11 is 0. The van der Waals surface area contributed by atoms with Crippen LogP contribution in [0.1, 0.15) is 39.2 Å². The quantitative estimate of drug-likeness (QED) is 0.780. The average Bonchev–Trinajstić information content (AvgIpc) is 2.89. The molecule has 0 aliphatic carbocycles. The predicted octanol–water partition coefficient (Wildman–Crippen LogP) is 2.71. The second kappa shape index (κ2) is 5.95. The van der Waals surface area contributed by atoms with Gasteiger partial charge in [-0.15, -0.1) is 0 Å². The zero-order valence-corrected chi connectivity index (χ0v) is 11.9. The normalized spacial score (nSPS) is 16.2. The summed E-state index contributed by atoms with van der Waals surface area (Å²) in [6.07, 6.45) is 7.92. The van der Waals surface area contributed by atoms with Crippen LogP contribution in [0.15, 0.2) is 18.0 Å². The molecule has 0 atom stereocenters. The molecule has 1 aliphatic rings. The number of aromatic nitrogens is 2. The summed E-state index contributed by atoms with van der Waals surface area (Å²) in [5.74, 6) is 1.12. The van der Waals surface area contributed by atoms with E-state index in [0.29, 0.717) is 0 Å². The first-order chi connectivity index (χ1) is 9.08. The van der Waals surface area contributed by atoms with E-state index in [1.54, 1.807) is 19.3 Å². The van der Waals surface area contributed by atoms with Crippen molar-refractivity contribution in [3.63, 3.8) is 0 Å². The third kappa shape index (κ3) is 3.40. The number of anilines is 1. The zero-order valence-electron chi connectivity index (χ0n) is 11.9. The van der Waals surface area contributed by atoms with Gasteiger partial charge in [-0.05, 0) is 37.3 Å². The monoisotopic (exact) mass is 259 g/mol. The molecule has 2 rings (SSSR count). The lowest BCUT2D eigenvalue weighted by Crippen LogP contribution is -2.20. The lowest BCUT2D eigenvalue weighted by Gasteiger charge is -2.14. The van der Waals surface area contributed by atoms with Crippen molar-refractivity contribution in [3.8, 4) is 0 Å². The molecule has 0 radical (unpaired) electrons. The molecule has 1 aliphatic heterocycles. The highest BCUT2D eigenvalue weighted by Gasteiger charge is 2.14. The fourth-order valence-corrected chi connectivity index (χ4v) is 2.34. The highest BCUT2D eigenvalue weighted by molar-refractivity contribution is 5.98. The highest BCUT2D eigenvalue weighted by Crippen LogP contribution is 2.18. The Morgan fingerprint density at radius 2 is 1.84 bits per heavy atom. The molecule has 0 amide bonds. The van der Waals surface area contributed by atoms with Crippen molar-refractivity contribution in [1.82, 2.24) is 9.97 Å². The van der Waals surface area contributed by atoms with Crippen LogP contribution < -0.4 is 4.90 Å². The van der Waals surface area contributed by atoms with Crippen molar-refractivity contribution in [2.45, 2.75) is 33.6 Å². The van der Waals surface area contributed by atoms with E-state index >= 15 is 0 Å². The molecule has 0 N–H and O–H groups in total. The van der Waals surface area contributed by atoms with Crippen LogP contribution in [0.5, 0.6) is 0 Å². The van der Waals surface area contributed by atoms with E-state index in [4.69, 9.17) is 0 Å². The fraction of sp³-hybridized carbons (Fsp3) is 0.533. The van der Waals surface area contributed by atoms with Crippen LogP contribution in [0.2, 0.25) is 0 Å². The Morgan fingerprint density at radius 3 is 2.32 bits per heavy atom. The SMILES string of the molecule is CC(=O)/C(=C/c1cnc(N2CCCC2)nc1)C(C)C. The van der Waals surface area contributed by atoms with E-state index in [2.05, 4.69) is 14.9 Å². The third-order valence-electron chi connectivity index (χ3n) is 3.40. The van der Waals surface area contributed by atoms with Crippen molar-refractivity contribution in [2.75, 3.05) is 18.0 Å². The summed E-state index contributed by atoms with van der Waals surface area (Å²) in [7, 11) is 0. The van der Waals surface area contributed by atoms with Gasteiger partial charge in [-0.2, -0.15) is 0 Å². The Morgan fingerprint density at radius 1 is 1.26 bits per heavy atom. The summed E-state index contributed by atoms with van der Waals surface area (Å²) in [5.41, 5.74) is 1.71. The van der Waals surface area contributed by atoms with Gasteiger partial charge in [-0.3, -0.25) is 4.79 Å². The smallest absolute Gasteiger partial charge is 0.225 e. The topological polar surface area (TPSA) is 46.1 Å². The standard InChI is InChI=1S/C15H21N3O/c1-11(2)14(12(3)19)8-13-9-16-15(17-10-13)18-6-4-5-7-18/h8-11H,4-7H2,1-3H3/b14-8+. The number of hydrogen-bond donors (Lipinski definition) is 0. The van der Waals surface area contributed by atoms with Crippen LogP contribution in [0, 0.1) is 5.92 Å². The van der Waals surface area contributed by atoms with E-state index in [1.165, 1.54) is 12.8 Å². The largest absolute Gasteiger partial charge is 0.341 e. The van der Waals surface area contributed by atoms with Crippen LogP contribution in [0.3, 0.4) is 0 Å². The minimum Gasteiger partial charge on any atom is -0.341 e. The number of carbonyl (C=O) groups excluding carboxylic acids is 1. The number of rotatable bonds is 4. The van der Waals surface area contributed by atoms with Crippen LogP contribution in [0.25, 0.3) is 6.08 Å². The van der Waals surface area contributed by atoms with Gasteiger partial charge in [0.1, 0.15) is 0 Å². The van der Waals surface area contributed by atoms with E-state index in [0.717, 1.165) is 30.2 Å². The van der Waals surface area contributed by atoms with Gasteiger partial charge in [0.2, 0.25) is 5.95 Å². The lowest BCUT2D eigenvalue weighted by molar-refractivity contribution is -0.113. The van der Waals surface area contributed by atoms with Crippen molar-refractivity contribution >= 4 is 17.8 Å². The second-order valence-corrected chi connectivity index (χ2v) is 5.32.